The van der Waals surface area contributed by atoms with Gasteiger partial charge in [-0.2, -0.15) is 4.98 Å². The topological polar surface area (TPSA) is 140 Å². The van der Waals surface area contributed by atoms with Crippen LogP contribution in [0.5, 0.6) is 17.4 Å². The Hall–Kier alpha value is -4.21. The number of nitro groups is 1. The Morgan fingerprint density at radius 3 is 2.62 bits per heavy atom. The number of methoxy groups -OCH3 is 1. The average molecular weight is 396 g/mol. The molecule has 2 N–H and O–H groups in total. The zero-order valence-corrected chi connectivity index (χ0v) is 15.2. The molecule has 10 heteroatoms. The van der Waals surface area contributed by atoms with Crippen LogP contribution in [0, 0.1) is 10.1 Å². The summed E-state index contributed by atoms with van der Waals surface area (Å²) >= 11 is 0. The van der Waals surface area contributed by atoms with Gasteiger partial charge >= 0.3 is 11.2 Å². The summed E-state index contributed by atoms with van der Waals surface area (Å²) in [5, 5.41) is 20.3. The third kappa shape index (κ3) is 4.75. The summed E-state index contributed by atoms with van der Waals surface area (Å²) in [6.45, 7) is 0.349. The van der Waals surface area contributed by atoms with Crippen molar-refractivity contribution in [2.75, 3.05) is 7.11 Å². The number of aromatic hydroxyl groups is 1. The minimum atomic E-state index is -1.04. The molecule has 0 saturated heterocycles. The molecule has 0 unspecified atom stereocenters. The Balaban J connectivity index is 1.78. The first-order valence-electron chi connectivity index (χ1n) is 8.33. The van der Waals surface area contributed by atoms with Gasteiger partial charge in [0.15, 0.2) is 11.5 Å². The molecular weight excluding hydrogens is 380 g/mol. The lowest BCUT2D eigenvalue weighted by Crippen LogP contribution is -2.14. The van der Waals surface area contributed by atoms with Gasteiger partial charge in [-0.15, -0.1) is 0 Å². The van der Waals surface area contributed by atoms with Crippen LogP contribution in [0.3, 0.4) is 0 Å². The van der Waals surface area contributed by atoms with E-state index in [4.69, 9.17) is 9.47 Å². The highest BCUT2D eigenvalue weighted by atomic mass is 16.6. The van der Waals surface area contributed by atoms with Gasteiger partial charge in [0.25, 0.3) is 5.88 Å². The molecule has 0 fully saturated rings. The standard InChI is InChI=1S/C19H16N4O6/c1-28-15-10-12(2-4-14(15)29-11-13-6-8-20-9-7-13)3-5-16-21-18(24)17(23(26)27)19(25)22-16/h2-10H,11H2,1H3,(H2,21,22,24,25)/b5-3-. The lowest BCUT2D eigenvalue weighted by molar-refractivity contribution is -0.387. The minimum Gasteiger partial charge on any atom is -0.493 e. The van der Waals surface area contributed by atoms with Gasteiger partial charge < -0.3 is 19.6 Å². The van der Waals surface area contributed by atoms with Crippen LogP contribution in [-0.4, -0.2) is 32.1 Å². The van der Waals surface area contributed by atoms with Crippen molar-refractivity contribution >= 4 is 17.8 Å². The summed E-state index contributed by atoms with van der Waals surface area (Å²) < 4.78 is 11.1. The Morgan fingerprint density at radius 1 is 1.21 bits per heavy atom. The van der Waals surface area contributed by atoms with Crippen LogP contribution in [0.25, 0.3) is 12.2 Å². The van der Waals surface area contributed by atoms with E-state index in [2.05, 4.69) is 15.0 Å². The number of hydrogen-bond donors (Lipinski definition) is 2. The van der Waals surface area contributed by atoms with E-state index in [9.17, 15) is 20.0 Å². The van der Waals surface area contributed by atoms with Crippen LogP contribution in [0.1, 0.15) is 17.0 Å². The SMILES string of the molecule is COc1cc(/C=C\c2nc(O)c([N+](=O)[O-])c(=O)[nH]2)ccc1OCc1ccncc1. The smallest absolute Gasteiger partial charge is 0.395 e. The number of aromatic amines is 1. The number of aromatic nitrogens is 3. The summed E-state index contributed by atoms with van der Waals surface area (Å²) in [7, 11) is 1.51. The van der Waals surface area contributed by atoms with Gasteiger partial charge in [0.1, 0.15) is 12.4 Å². The fourth-order valence-electron chi connectivity index (χ4n) is 2.44. The third-order valence-electron chi connectivity index (χ3n) is 3.84. The molecule has 2 heterocycles. The zero-order chi connectivity index (χ0) is 20.8. The second-order valence-electron chi connectivity index (χ2n) is 5.77. The molecule has 0 spiro atoms. The van der Waals surface area contributed by atoms with Gasteiger partial charge in [-0.05, 0) is 41.5 Å². The molecule has 1 aromatic carbocycles. The van der Waals surface area contributed by atoms with E-state index in [1.165, 1.54) is 13.2 Å². The highest BCUT2D eigenvalue weighted by Gasteiger charge is 2.21. The van der Waals surface area contributed by atoms with Crippen molar-refractivity contribution in [2.45, 2.75) is 6.61 Å². The van der Waals surface area contributed by atoms with Crippen LogP contribution in [0.15, 0.2) is 47.5 Å². The molecule has 0 aliphatic heterocycles. The maximum atomic E-state index is 11.7. The number of nitrogens with zero attached hydrogens (tertiary/aromatic N) is 3. The fraction of sp³-hybridized carbons (Fsp3) is 0.105. The van der Waals surface area contributed by atoms with Gasteiger partial charge in [-0.3, -0.25) is 19.9 Å². The number of hydrogen-bond acceptors (Lipinski definition) is 8. The predicted octanol–water partition coefficient (Wildman–Crippen LogP) is 2.54. The number of benzene rings is 1. The van der Waals surface area contributed by atoms with Gasteiger partial charge in [0.2, 0.25) is 0 Å². The van der Waals surface area contributed by atoms with E-state index >= 15 is 0 Å². The van der Waals surface area contributed by atoms with Crippen molar-refractivity contribution in [3.05, 3.63) is 80.1 Å². The molecule has 0 bridgehead atoms. The first-order chi connectivity index (χ1) is 14.0. The number of nitrogens with one attached hydrogen (secondary N) is 1. The molecule has 3 rings (SSSR count). The molecule has 0 radical (unpaired) electrons. The quantitative estimate of drug-likeness (QED) is 0.458. The predicted molar refractivity (Wildman–Crippen MR) is 104 cm³/mol. The van der Waals surface area contributed by atoms with Crippen molar-refractivity contribution < 1.29 is 19.5 Å². The van der Waals surface area contributed by atoms with Crippen molar-refractivity contribution in [1.29, 1.82) is 0 Å². The molecule has 10 nitrogen and oxygen atoms in total. The highest BCUT2D eigenvalue weighted by molar-refractivity contribution is 5.68. The lowest BCUT2D eigenvalue weighted by Gasteiger charge is -2.11. The van der Waals surface area contributed by atoms with Crippen molar-refractivity contribution in [3.8, 4) is 17.4 Å². The number of H-pyrrole nitrogens is 1. The molecule has 2 aromatic heterocycles. The third-order valence-corrected chi connectivity index (χ3v) is 3.84. The minimum absolute atomic E-state index is 0.0323. The molecule has 0 atom stereocenters. The summed E-state index contributed by atoms with van der Waals surface area (Å²) in [6.07, 6.45) is 6.35. The fourth-order valence-corrected chi connectivity index (χ4v) is 2.44. The summed E-state index contributed by atoms with van der Waals surface area (Å²) in [4.78, 5) is 31.2. The van der Waals surface area contributed by atoms with Crippen molar-refractivity contribution in [3.63, 3.8) is 0 Å². The number of rotatable bonds is 7. The van der Waals surface area contributed by atoms with Gasteiger partial charge in [-0.1, -0.05) is 12.1 Å². The molecule has 3 aromatic rings. The van der Waals surface area contributed by atoms with E-state index in [1.54, 1.807) is 36.7 Å². The molecule has 0 aliphatic carbocycles. The van der Waals surface area contributed by atoms with Crippen LogP contribution in [-0.2, 0) is 6.61 Å². The van der Waals surface area contributed by atoms with Crippen molar-refractivity contribution in [2.24, 2.45) is 0 Å². The molecular formula is C19H16N4O6. The summed E-state index contributed by atoms with van der Waals surface area (Å²) in [6, 6.07) is 8.88. The Labute approximate surface area is 164 Å². The largest absolute Gasteiger partial charge is 0.493 e. The number of ether oxygens (including phenoxy) is 2. The Morgan fingerprint density at radius 2 is 1.97 bits per heavy atom. The number of pyridine rings is 1. The molecule has 0 saturated carbocycles. The lowest BCUT2D eigenvalue weighted by atomic mass is 10.2. The van der Waals surface area contributed by atoms with E-state index in [0.717, 1.165) is 5.56 Å². The molecule has 148 valence electrons. The molecule has 0 amide bonds. The van der Waals surface area contributed by atoms with E-state index < -0.39 is 22.0 Å². The highest BCUT2D eigenvalue weighted by Crippen LogP contribution is 2.29. The first-order valence-corrected chi connectivity index (χ1v) is 8.33. The zero-order valence-electron chi connectivity index (χ0n) is 15.2. The Bertz CT molecular complexity index is 1110. The first kappa shape index (κ1) is 19.5. The van der Waals surface area contributed by atoms with Crippen LogP contribution in [0.2, 0.25) is 0 Å². The van der Waals surface area contributed by atoms with E-state index in [1.807, 2.05) is 12.1 Å². The van der Waals surface area contributed by atoms with E-state index in [0.29, 0.717) is 23.7 Å². The summed E-state index contributed by atoms with van der Waals surface area (Å²) in [5.41, 5.74) is -0.392. The molecule has 29 heavy (non-hydrogen) atoms. The van der Waals surface area contributed by atoms with Gasteiger partial charge in [-0.25, -0.2) is 0 Å². The maximum Gasteiger partial charge on any atom is 0.395 e. The second-order valence-corrected chi connectivity index (χ2v) is 5.77. The average Bonchev–Trinajstić information content (AvgIpc) is 2.71. The normalized spacial score (nSPS) is 10.8. The monoisotopic (exact) mass is 396 g/mol. The molecule has 0 aliphatic rings. The second kappa shape index (κ2) is 8.65. The van der Waals surface area contributed by atoms with Crippen LogP contribution >= 0.6 is 0 Å². The van der Waals surface area contributed by atoms with E-state index in [-0.39, 0.29) is 5.82 Å². The van der Waals surface area contributed by atoms with Crippen LogP contribution < -0.4 is 15.0 Å². The van der Waals surface area contributed by atoms with Crippen LogP contribution in [0.4, 0.5) is 5.69 Å². The van der Waals surface area contributed by atoms with Crippen molar-refractivity contribution in [1.82, 2.24) is 15.0 Å². The van der Waals surface area contributed by atoms with Gasteiger partial charge in [0, 0.05) is 12.4 Å². The maximum absolute atomic E-state index is 11.7. The Kier molecular flexibility index (Phi) is 5.83. The summed E-state index contributed by atoms with van der Waals surface area (Å²) in [5.74, 6) is 0.0566. The van der Waals surface area contributed by atoms with Gasteiger partial charge in [0.05, 0.1) is 12.0 Å².